The topological polar surface area (TPSA) is 51.7 Å². The fourth-order valence-electron chi connectivity index (χ4n) is 3.04. The molecular weight excluding hydrogens is 369 g/mol. The largest absolute Gasteiger partial charge is 0.340 e. The zero-order chi connectivity index (χ0) is 15.2. The van der Waals surface area contributed by atoms with E-state index < -0.39 is 0 Å². The number of nitrogens with one attached hydrogen (secondary N) is 1. The Morgan fingerprint density at radius 3 is 2.38 bits per heavy atom. The molecule has 0 atom stereocenters. The SMILES string of the molecule is Cl.Cl.O=C(CCN1CCN(Cc2cscn2)CC1)N1CCNCC1. The van der Waals surface area contributed by atoms with Gasteiger partial charge in [0.15, 0.2) is 0 Å². The molecule has 2 aliphatic heterocycles. The van der Waals surface area contributed by atoms with Crippen molar-refractivity contribution in [1.82, 2.24) is 25.0 Å². The molecular formula is C15H27Cl2N5OS. The number of carbonyl (C=O) groups excluding carboxylic acids is 1. The first-order chi connectivity index (χ1) is 10.8. The fourth-order valence-corrected chi connectivity index (χ4v) is 3.59. The molecule has 0 aromatic carbocycles. The lowest BCUT2D eigenvalue weighted by molar-refractivity contribution is -0.132. The zero-order valence-electron chi connectivity index (χ0n) is 13.9. The molecule has 3 rings (SSSR count). The summed E-state index contributed by atoms with van der Waals surface area (Å²) in [5, 5.41) is 5.41. The second-order valence-electron chi connectivity index (χ2n) is 5.98. The van der Waals surface area contributed by atoms with Crippen LogP contribution in [-0.2, 0) is 11.3 Å². The lowest BCUT2D eigenvalue weighted by Crippen LogP contribution is -2.49. The van der Waals surface area contributed by atoms with Crippen LogP contribution in [0, 0.1) is 0 Å². The second kappa shape index (κ2) is 11.2. The van der Waals surface area contributed by atoms with E-state index >= 15 is 0 Å². The van der Waals surface area contributed by atoms with Gasteiger partial charge in [0.2, 0.25) is 5.91 Å². The van der Waals surface area contributed by atoms with Crippen molar-refractivity contribution in [2.75, 3.05) is 58.9 Å². The van der Waals surface area contributed by atoms with E-state index in [2.05, 4.69) is 25.5 Å². The number of hydrogen-bond acceptors (Lipinski definition) is 6. The van der Waals surface area contributed by atoms with Crippen LogP contribution in [0.2, 0.25) is 0 Å². The third kappa shape index (κ3) is 6.46. The summed E-state index contributed by atoms with van der Waals surface area (Å²) in [6.45, 7) is 9.68. The Morgan fingerprint density at radius 2 is 1.75 bits per heavy atom. The van der Waals surface area contributed by atoms with Crippen molar-refractivity contribution in [3.63, 3.8) is 0 Å². The van der Waals surface area contributed by atoms with E-state index in [4.69, 9.17) is 0 Å². The number of thiazole rings is 1. The molecule has 2 fully saturated rings. The third-order valence-electron chi connectivity index (χ3n) is 4.45. The fraction of sp³-hybridized carbons (Fsp3) is 0.733. The lowest BCUT2D eigenvalue weighted by atomic mass is 10.2. The quantitative estimate of drug-likeness (QED) is 0.803. The molecule has 24 heavy (non-hydrogen) atoms. The summed E-state index contributed by atoms with van der Waals surface area (Å²) in [4.78, 5) is 23.4. The maximum Gasteiger partial charge on any atom is 0.223 e. The molecule has 0 spiro atoms. The van der Waals surface area contributed by atoms with E-state index in [0.717, 1.165) is 65.4 Å². The summed E-state index contributed by atoms with van der Waals surface area (Å²) in [6, 6.07) is 0. The van der Waals surface area contributed by atoms with Crippen LogP contribution in [0.25, 0.3) is 0 Å². The van der Waals surface area contributed by atoms with Crippen LogP contribution < -0.4 is 5.32 Å². The van der Waals surface area contributed by atoms with Crippen molar-refractivity contribution in [3.05, 3.63) is 16.6 Å². The van der Waals surface area contributed by atoms with E-state index in [1.165, 1.54) is 5.69 Å². The van der Waals surface area contributed by atoms with Crippen molar-refractivity contribution >= 4 is 42.1 Å². The van der Waals surface area contributed by atoms with Crippen LogP contribution >= 0.6 is 36.2 Å². The molecule has 2 aliphatic rings. The molecule has 1 amide bonds. The van der Waals surface area contributed by atoms with Gasteiger partial charge in [-0.15, -0.1) is 36.2 Å². The Labute approximate surface area is 160 Å². The highest BCUT2D eigenvalue weighted by molar-refractivity contribution is 7.07. The van der Waals surface area contributed by atoms with Gasteiger partial charge in [-0.1, -0.05) is 0 Å². The molecule has 0 unspecified atom stereocenters. The minimum Gasteiger partial charge on any atom is -0.340 e. The summed E-state index contributed by atoms with van der Waals surface area (Å²) >= 11 is 1.66. The lowest BCUT2D eigenvalue weighted by Gasteiger charge is -2.35. The Kier molecular flexibility index (Phi) is 10.1. The monoisotopic (exact) mass is 395 g/mol. The molecule has 138 valence electrons. The number of piperazine rings is 2. The van der Waals surface area contributed by atoms with Gasteiger partial charge in [0.1, 0.15) is 0 Å². The molecule has 0 saturated carbocycles. The summed E-state index contributed by atoms with van der Waals surface area (Å²) in [7, 11) is 0. The Hall–Kier alpha value is -0.440. The molecule has 2 saturated heterocycles. The minimum atomic E-state index is 0. The van der Waals surface area contributed by atoms with Gasteiger partial charge in [-0.25, -0.2) is 4.98 Å². The molecule has 0 bridgehead atoms. The second-order valence-corrected chi connectivity index (χ2v) is 6.70. The number of amides is 1. The number of carbonyl (C=O) groups is 1. The summed E-state index contributed by atoms with van der Waals surface area (Å²) in [5.74, 6) is 0.311. The minimum absolute atomic E-state index is 0. The number of halogens is 2. The highest BCUT2D eigenvalue weighted by atomic mass is 35.5. The molecule has 6 nitrogen and oxygen atoms in total. The van der Waals surface area contributed by atoms with E-state index in [9.17, 15) is 4.79 Å². The van der Waals surface area contributed by atoms with E-state index in [-0.39, 0.29) is 24.8 Å². The van der Waals surface area contributed by atoms with E-state index in [1.807, 2.05) is 10.4 Å². The smallest absolute Gasteiger partial charge is 0.223 e. The zero-order valence-corrected chi connectivity index (χ0v) is 16.3. The Balaban J connectivity index is 0.00000144. The van der Waals surface area contributed by atoms with Crippen LogP contribution in [0.15, 0.2) is 10.9 Å². The average Bonchev–Trinajstić information content (AvgIpc) is 3.08. The van der Waals surface area contributed by atoms with Crippen LogP contribution in [0.5, 0.6) is 0 Å². The average molecular weight is 396 g/mol. The van der Waals surface area contributed by atoms with Gasteiger partial charge in [-0.05, 0) is 0 Å². The van der Waals surface area contributed by atoms with E-state index in [0.29, 0.717) is 12.3 Å². The summed E-state index contributed by atoms with van der Waals surface area (Å²) in [5.41, 5.74) is 3.07. The maximum atomic E-state index is 12.2. The van der Waals surface area contributed by atoms with Gasteiger partial charge in [0.25, 0.3) is 0 Å². The molecule has 1 aromatic heterocycles. The molecule has 9 heteroatoms. The summed E-state index contributed by atoms with van der Waals surface area (Å²) < 4.78 is 0. The maximum absolute atomic E-state index is 12.2. The van der Waals surface area contributed by atoms with Gasteiger partial charge in [0.05, 0.1) is 11.2 Å². The normalized spacial score (nSPS) is 19.4. The standard InChI is InChI=1S/C15H25N5OS.2ClH/c21-15(20-5-2-16-3-6-20)1-4-18-7-9-19(10-8-18)11-14-12-22-13-17-14;;/h12-13,16H,1-11H2;2*1H. The van der Waals surface area contributed by atoms with Gasteiger partial charge in [-0.3, -0.25) is 9.69 Å². The van der Waals surface area contributed by atoms with E-state index in [1.54, 1.807) is 11.3 Å². The van der Waals surface area contributed by atoms with Crippen LogP contribution in [0.4, 0.5) is 0 Å². The molecule has 3 heterocycles. The molecule has 0 aliphatic carbocycles. The molecule has 0 radical (unpaired) electrons. The van der Waals surface area contributed by atoms with Crippen molar-refractivity contribution in [3.8, 4) is 0 Å². The highest BCUT2D eigenvalue weighted by Gasteiger charge is 2.20. The van der Waals surface area contributed by atoms with Crippen molar-refractivity contribution < 1.29 is 4.79 Å². The number of nitrogens with zero attached hydrogens (tertiary/aromatic N) is 4. The van der Waals surface area contributed by atoms with Crippen LogP contribution in [0.3, 0.4) is 0 Å². The highest BCUT2D eigenvalue weighted by Crippen LogP contribution is 2.09. The van der Waals surface area contributed by atoms with Crippen molar-refractivity contribution in [2.45, 2.75) is 13.0 Å². The van der Waals surface area contributed by atoms with Gasteiger partial charge < -0.3 is 15.1 Å². The van der Waals surface area contributed by atoms with Crippen molar-refractivity contribution in [1.29, 1.82) is 0 Å². The van der Waals surface area contributed by atoms with Gasteiger partial charge in [0, 0.05) is 77.2 Å². The summed E-state index contributed by atoms with van der Waals surface area (Å²) in [6.07, 6.45) is 0.659. The van der Waals surface area contributed by atoms with Gasteiger partial charge >= 0.3 is 0 Å². The van der Waals surface area contributed by atoms with Gasteiger partial charge in [-0.2, -0.15) is 0 Å². The first-order valence-corrected chi connectivity index (χ1v) is 9.06. The predicted octanol–water partition coefficient (Wildman–Crippen LogP) is 0.926. The molecule has 1 aromatic rings. The number of rotatable bonds is 5. The predicted molar refractivity (Wildman–Crippen MR) is 102 cm³/mol. The number of hydrogen-bond donors (Lipinski definition) is 1. The third-order valence-corrected chi connectivity index (χ3v) is 5.08. The Bertz CT molecular complexity index is 462. The molecule has 1 N–H and O–H groups in total. The first-order valence-electron chi connectivity index (χ1n) is 8.11. The van der Waals surface area contributed by atoms with Crippen LogP contribution in [0.1, 0.15) is 12.1 Å². The van der Waals surface area contributed by atoms with Crippen molar-refractivity contribution in [2.24, 2.45) is 0 Å². The number of aromatic nitrogens is 1. The van der Waals surface area contributed by atoms with Crippen LogP contribution in [-0.4, -0.2) is 84.5 Å². The Morgan fingerprint density at radius 1 is 1.08 bits per heavy atom. The first kappa shape index (κ1) is 21.6.